The summed E-state index contributed by atoms with van der Waals surface area (Å²) in [4.78, 5) is 11.6. The summed E-state index contributed by atoms with van der Waals surface area (Å²) in [6.45, 7) is 6.11. The van der Waals surface area contributed by atoms with Crippen molar-refractivity contribution in [2.24, 2.45) is 0 Å². The summed E-state index contributed by atoms with van der Waals surface area (Å²) in [5.74, 6) is 0.432. The minimum absolute atomic E-state index is 0.213. The van der Waals surface area contributed by atoms with Crippen LogP contribution in [0.15, 0.2) is 18.2 Å². The number of benzene rings is 1. The Morgan fingerprint density at radius 1 is 1.35 bits per heavy atom. The van der Waals surface area contributed by atoms with Gasteiger partial charge in [0.1, 0.15) is 11.4 Å². The van der Waals surface area contributed by atoms with Gasteiger partial charge in [-0.25, -0.2) is 0 Å². The van der Waals surface area contributed by atoms with Gasteiger partial charge in [-0.1, -0.05) is 11.6 Å². The van der Waals surface area contributed by atoms with Gasteiger partial charge in [-0.2, -0.15) is 0 Å². The summed E-state index contributed by atoms with van der Waals surface area (Å²) in [6.07, 6.45) is 0.969. The van der Waals surface area contributed by atoms with E-state index in [4.69, 9.17) is 33.3 Å². The van der Waals surface area contributed by atoms with Gasteiger partial charge in [0.15, 0.2) is 5.11 Å². The Hall–Kier alpha value is -1.53. The first-order valence-corrected chi connectivity index (χ1v) is 8.10. The van der Waals surface area contributed by atoms with E-state index in [2.05, 4.69) is 10.6 Å². The number of carbonyl (C=O) groups is 1. The molecule has 0 amide bonds. The van der Waals surface area contributed by atoms with E-state index < -0.39 is 5.60 Å². The lowest BCUT2D eigenvalue weighted by atomic mass is 10.2. The highest BCUT2D eigenvalue weighted by Gasteiger charge is 2.15. The predicted octanol–water partition coefficient (Wildman–Crippen LogP) is 3.76. The molecule has 1 aromatic carbocycles. The average Bonchev–Trinajstić information content (AvgIpc) is 2.42. The van der Waals surface area contributed by atoms with Crippen LogP contribution in [-0.4, -0.2) is 30.3 Å². The fourth-order valence-corrected chi connectivity index (χ4v) is 2.16. The van der Waals surface area contributed by atoms with Crippen LogP contribution in [0.5, 0.6) is 5.75 Å². The van der Waals surface area contributed by atoms with E-state index in [-0.39, 0.29) is 5.97 Å². The van der Waals surface area contributed by atoms with Gasteiger partial charge in [-0.15, -0.1) is 0 Å². The first kappa shape index (κ1) is 19.5. The second-order valence-corrected chi connectivity index (χ2v) is 6.76. The third-order valence-electron chi connectivity index (χ3n) is 2.67. The van der Waals surface area contributed by atoms with Gasteiger partial charge in [0.2, 0.25) is 0 Å². The molecule has 5 nitrogen and oxygen atoms in total. The summed E-state index contributed by atoms with van der Waals surface area (Å²) in [6, 6.07) is 5.23. The molecule has 0 aromatic heterocycles. The van der Waals surface area contributed by atoms with Gasteiger partial charge in [0, 0.05) is 18.0 Å². The van der Waals surface area contributed by atoms with E-state index in [9.17, 15) is 4.79 Å². The molecule has 0 unspecified atom stereocenters. The Morgan fingerprint density at radius 3 is 2.65 bits per heavy atom. The number of esters is 1. The lowest BCUT2D eigenvalue weighted by Crippen LogP contribution is -2.30. The Labute approximate surface area is 147 Å². The quantitative estimate of drug-likeness (QED) is 0.458. The summed E-state index contributed by atoms with van der Waals surface area (Å²) in [5, 5.41) is 7.08. The molecule has 0 bridgehead atoms. The van der Waals surface area contributed by atoms with Crippen molar-refractivity contribution in [1.29, 1.82) is 0 Å². The van der Waals surface area contributed by atoms with E-state index in [1.54, 1.807) is 25.3 Å². The molecule has 0 atom stereocenters. The smallest absolute Gasteiger partial charge is 0.306 e. The summed E-state index contributed by atoms with van der Waals surface area (Å²) >= 11 is 11.2. The molecule has 0 radical (unpaired) electrons. The fraction of sp³-hybridized carbons (Fsp3) is 0.500. The van der Waals surface area contributed by atoms with Crippen molar-refractivity contribution in [3.05, 3.63) is 23.2 Å². The summed E-state index contributed by atoms with van der Waals surface area (Å²) < 4.78 is 10.5. The number of hydrogen-bond donors (Lipinski definition) is 2. The monoisotopic (exact) mass is 358 g/mol. The number of thiocarbonyl (C=S) groups is 1. The molecule has 128 valence electrons. The van der Waals surface area contributed by atoms with Crippen molar-refractivity contribution in [2.75, 3.05) is 19.0 Å². The number of carbonyl (C=O) groups excluding carboxylic acids is 1. The van der Waals surface area contributed by atoms with Crippen molar-refractivity contribution in [3.8, 4) is 5.75 Å². The third-order valence-corrected chi connectivity index (χ3v) is 3.15. The molecule has 1 aromatic rings. The molecule has 0 saturated carbocycles. The molecule has 1 rings (SSSR count). The van der Waals surface area contributed by atoms with Gasteiger partial charge in [0.05, 0.1) is 12.8 Å². The maximum absolute atomic E-state index is 11.6. The van der Waals surface area contributed by atoms with Crippen molar-refractivity contribution < 1.29 is 14.3 Å². The van der Waals surface area contributed by atoms with Gasteiger partial charge >= 0.3 is 5.97 Å². The number of hydrogen-bond acceptors (Lipinski definition) is 4. The van der Waals surface area contributed by atoms with E-state index in [0.717, 1.165) is 0 Å². The maximum Gasteiger partial charge on any atom is 0.306 e. The molecule has 0 heterocycles. The zero-order valence-corrected chi connectivity index (χ0v) is 15.4. The topological polar surface area (TPSA) is 59.6 Å². The lowest BCUT2D eigenvalue weighted by molar-refractivity contribution is -0.154. The Balaban J connectivity index is 2.35. The highest BCUT2D eigenvalue weighted by Crippen LogP contribution is 2.27. The van der Waals surface area contributed by atoms with Crippen molar-refractivity contribution in [1.82, 2.24) is 5.32 Å². The number of methoxy groups -OCH3 is 1. The highest BCUT2D eigenvalue weighted by atomic mass is 35.5. The average molecular weight is 359 g/mol. The fourth-order valence-electron chi connectivity index (χ4n) is 1.77. The Bertz CT molecular complexity index is 559. The predicted molar refractivity (Wildman–Crippen MR) is 97.3 cm³/mol. The van der Waals surface area contributed by atoms with E-state index in [0.29, 0.717) is 41.0 Å². The first-order valence-electron chi connectivity index (χ1n) is 7.31. The SMILES string of the molecule is COc1ccc(Cl)cc1NC(=S)NCCCC(=O)OC(C)(C)C. The van der Waals surface area contributed by atoms with Gasteiger partial charge in [-0.05, 0) is 57.6 Å². The van der Waals surface area contributed by atoms with Crippen LogP contribution in [0.1, 0.15) is 33.6 Å². The molecule has 0 fully saturated rings. The Morgan fingerprint density at radius 2 is 2.04 bits per heavy atom. The van der Waals surface area contributed by atoms with Crippen molar-refractivity contribution in [3.63, 3.8) is 0 Å². The number of halogens is 1. The number of anilines is 1. The minimum Gasteiger partial charge on any atom is -0.495 e. The molecule has 7 heteroatoms. The van der Waals surface area contributed by atoms with E-state index >= 15 is 0 Å². The lowest BCUT2D eigenvalue weighted by Gasteiger charge is -2.19. The van der Waals surface area contributed by atoms with Gasteiger partial charge in [-0.3, -0.25) is 4.79 Å². The number of rotatable bonds is 6. The van der Waals surface area contributed by atoms with Crippen LogP contribution in [-0.2, 0) is 9.53 Å². The van der Waals surface area contributed by atoms with Crippen LogP contribution in [0.3, 0.4) is 0 Å². The van der Waals surface area contributed by atoms with Crippen LogP contribution in [0, 0.1) is 0 Å². The molecule has 0 aliphatic rings. The molecular formula is C16H23ClN2O3S. The second-order valence-electron chi connectivity index (χ2n) is 5.92. The number of nitrogens with one attached hydrogen (secondary N) is 2. The molecule has 0 aliphatic carbocycles. The molecule has 0 spiro atoms. The van der Waals surface area contributed by atoms with Crippen LogP contribution in [0.25, 0.3) is 0 Å². The van der Waals surface area contributed by atoms with Crippen LogP contribution < -0.4 is 15.4 Å². The van der Waals surface area contributed by atoms with Crippen LogP contribution in [0.4, 0.5) is 5.69 Å². The van der Waals surface area contributed by atoms with Crippen LogP contribution >= 0.6 is 23.8 Å². The third kappa shape index (κ3) is 8.04. The minimum atomic E-state index is -0.454. The molecule has 2 N–H and O–H groups in total. The molecular weight excluding hydrogens is 336 g/mol. The molecule has 0 saturated heterocycles. The zero-order chi connectivity index (χ0) is 17.5. The van der Waals surface area contributed by atoms with Gasteiger partial charge in [0.25, 0.3) is 0 Å². The molecule has 0 aliphatic heterocycles. The standard InChI is InChI=1S/C16H23ClN2O3S/c1-16(2,3)22-14(20)6-5-9-18-15(23)19-12-10-11(17)7-8-13(12)21-4/h7-8,10H,5-6,9H2,1-4H3,(H2,18,19,23). The summed E-state index contributed by atoms with van der Waals surface area (Å²) in [5.41, 5.74) is 0.231. The zero-order valence-electron chi connectivity index (χ0n) is 13.9. The van der Waals surface area contributed by atoms with E-state index in [1.165, 1.54) is 0 Å². The second kappa shape index (κ2) is 8.93. The molecule has 23 heavy (non-hydrogen) atoms. The summed E-state index contributed by atoms with van der Waals surface area (Å²) in [7, 11) is 1.58. The number of ether oxygens (including phenoxy) is 2. The van der Waals surface area contributed by atoms with Crippen molar-refractivity contribution in [2.45, 2.75) is 39.2 Å². The highest BCUT2D eigenvalue weighted by molar-refractivity contribution is 7.80. The largest absolute Gasteiger partial charge is 0.495 e. The first-order chi connectivity index (χ1) is 10.7. The van der Waals surface area contributed by atoms with Crippen molar-refractivity contribution >= 4 is 40.6 Å². The Kier molecular flexibility index (Phi) is 7.58. The normalized spacial score (nSPS) is 10.8. The maximum atomic E-state index is 11.6. The van der Waals surface area contributed by atoms with Gasteiger partial charge < -0.3 is 20.1 Å². The van der Waals surface area contributed by atoms with Crippen LogP contribution in [0.2, 0.25) is 5.02 Å². The van der Waals surface area contributed by atoms with E-state index in [1.807, 2.05) is 20.8 Å².